The van der Waals surface area contributed by atoms with Crippen LogP contribution in [-0.2, 0) is 20.6 Å². The summed E-state index contributed by atoms with van der Waals surface area (Å²) < 4.78 is 17.9. The topological polar surface area (TPSA) is 27.7 Å². The van der Waals surface area contributed by atoms with Gasteiger partial charge in [-0.15, -0.1) is 0 Å². The van der Waals surface area contributed by atoms with Crippen molar-refractivity contribution in [2.24, 2.45) is 5.92 Å². The molecular weight excluding hydrogens is 288 g/mol. The summed E-state index contributed by atoms with van der Waals surface area (Å²) in [5.74, 6) is 0.251. The van der Waals surface area contributed by atoms with Crippen LogP contribution in [0.15, 0.2) is 30.3 Å². The Bertz CT molecular complexity index is 385. The quantitative estimate of drug-likeness (QED) is 0.515. The molecule has 0 aliphatic heterocycles. The van der Waals surface area contributed by atoms with Gasteiger partial charge in [-0.3, -0.25) is 0 Å². The van der Waals surface area contributed by atoms with Crippen molar-refractivity contribution >= 4 is 0 Å². The second-order valence-corrected chi connectivity index (χ2v) is 6.10. The van der Waals surface area contributed by atoms with Gasteiger partial charge < -0.3 is 14.2 Å². The molecule has 0 saturated heterocycles. The lowest BCUT2D eigenvalue weighted by molar-refractivity contribution is -0.198. The van der Waals surface area contributed by atoms with Crippen molar-refractivity contribution in [1.29, 1.82) is 0 Å². The monoisotopic (exact) mass is 322 g/mol. The Hall–Kier alpha value is -0.900. The molecule has 1 aromatic rings. The molecule has 1 aromatic carbocycles. The van der Waals surface area contributed by atoms with Gasteiger partial charge in [-0.25, -0.2) is 0 Å². The molecule has 0 aliphatic carbocycles. The maximum atomic E-state index is 6.24. The number of benzene rings is 1. The first-order valence-electron chi connectivity index (χ1n) is 9.04. The molecule has 0 heterocycles. The van der Waals surface area contributed by atoms with Crippen LogP contribution >= 0.6 is 0 Å². The van der Waals surface area contributed by atoms with Gasteiger partial charge in [0.2, 0.25) is 0 Å². The van der Waals surface area contributed by atoms with Crippen LogP contribution in [0.3, 0.4) is 0 Å². The highest BCUT2D eigenvalue weighted by atomic mass is 16.7. The standard InChI is InChI=1S/C20H34O3/c1-6-18(20(21-7-2)22-8-3)19(23-16(4)5)15-14-17-12-10-9-11-13-17/h9-13,16,18-20H,6-8,14-15H2,1-5H3. The van der Waals surface area contributed by atoms with Crippen molar-refractivity contribution in [2.45, 2.75) is 72.4 Å². The van der Waals surface area contributed by atoms with E-state index in [9.17, 15) is 0 Å². The summed E-state index contributed by atoms with van der Waals surface area (Å²) in [5.41, 5.74) is 1.35. The van der Waals surface area contributed by atoms with Gasteiger partial charge in [0.05, 0.1) is 12.2 Å². The Morgan fingerprint density at radius 3 is 2.00 bits per heavy atom. The Labute approximate surface area is 142 Å². The molecule has 0 amide bonds. The van der Waals surface area contributed by atoms with Crippen LogP contribution in [-0.4, -0.2) is 31.7 Å². The molecule has 0 fully saturated rings. The van der Waals surface area contributed by atoms with Crippen LogP contribution in [0.2, 0.25) is 0 Å². The zero-order valence-electron chi connectivity index (χ0n) is 15.5. The maximum absolute atomic E-state index is 6.24. The molecular formula is C20H34O3. The minimum atomic E-state index is -0.186. The zero-order valence-corrected chi connectivity index (χ0v) is 15.5. The van der Waals surface area contributed by atoms with E-state index >= 15 is 0 Å². The van der Waals surface area contributed by atoms with E-state index in [2.05, 4.69) is 51.1 Å². The molecule has 132 valence electrons. The molecule has 0 bridgehead atoms. The first kappa shape index (κ1) is 20.1. The zero-order chi connectivity index (χ0) is 17.1. The van der Waals surface area contributed by atoms with E-state index < -0.39 is 0 Å². The molecule has 1 rings (SSSR count). The van der Waals surface area contributed by atoms with Crippen molar-refractivity contribution in [3.63, 3.8) is 0 Å². The molecule has 0 aliphatic rings. The van der Waals surface area contributed by atoms with Crippen molar-refractivity contribution in [3.8, 4) is 0 Å². The molecule has 0 saturated carbocycles. The number of aryl methyl sites for hydroxylation is 1. The van der Waals surface area contributed by atoms with E-state index in [4.69, 9.17) is 14.2 Å². The fourth-order valence-corrected chi connectivity index (χ4v) is 2.94. The highest BCUT2D eigenvalue weighted by Crippen LogP contribution is 2.25. The first-order chi connectivity index (χ1) is 11.1. The molecule has 3 nitrogen and oxygen atoms in total. The van der Waals surface area contributed by atoms with Gasteiger partial charge in [-0.2, -0.15) is 0 Å². The molecule has 0 N–H and O–H groups in total. The normalized spacial score (nSPS) is 14.4. The first-order valence-corrected chi connectivity index (χ1v) is 9.04. The van der Waals surface area contributed by atoms with Crippen molar-refractivity contribution in [1.82, 2.24) is 0 Å². The predicted molar refractivity (Wildman–Crippen MR) is 95.6 cm³/mol. The van der Waals surface area contributed by atoms with E-state index in [1.807, 2.05) is 13.8 Å². The fraction of sp³-hybridized carbons (Fsp3) is 0.700. The summed E-state index contributed by atoms with van der Waals surface area (Å²) in [6, 6.07) is 10.6. The summed E-state index contributed by atoms with van der Waals surface area (Å²) in [7, 11) is 0. The second kappa shape index (κ2) is 11.6. The highest BCUT2D eigenvalue weighted by molar-refractivity contribution is 5.14. The smallest absolute Gasteiger partial charge is 0.162 e. The maximum Gasteiger partial charge on any atom is 0.162 e. The predicted octanol–water partition coefficient (Wildman–Crippen LogP) is 4.84. The number of hydrogen-bond donors (Lipinski definition) is 0. The van der Waals surface area contributed by atoms with Crippen LogP contribution in [0.1, 0.15) is 53.0 Å². The average Bonchev–Trinajstić information content (AvgIpc) is 2.54. The molecule has 2 unspecified atom stereocenters. The Morgan fingerprint density at radius 2 is 1.52 bits per heavy atom. The Balaban J connectivity index is 2.78. The van der Waals surface area contributed by atoms with Crippen molar-refractivity contribution < 1.29 is 14.2 Å². The SMILES string of the molecule is CCOC(OCC)C(CC)C(CCc1ccccc1)OC(C)C. The van der Waals surface area contributed by atoms with Gasteiger partial charge in [0, 0.05) is 19.1 Å². The van der Waals surface area contributed by atoms with E-state index in [1.165, 1.54) is 5.56 Å². The summed E-state index contributed by atoms with van der Waals surface area (Å²) in [6.07, 6.45) is 3.14. The summed E-state index contributed by atoms with van der Waals surface area (Å²) in [4.78, 5) is 0. The largest absolute Gasteiger partial charge is 0.375 e. The fourth-order valence-electron chi connectivity index (χ4n) is 2.94. The lowest BCUT2D eigenvalue weighted by Crippen LogP contribution is -2.38. The minimum Gasteiger partial charge on any atom is -0.375 e. The molecule has 0 spiro atoms. The summed E-state index contributed by atoms with van der Waals surface area (Å²) >= 11 is 0. The van der Waals surface area contributed by atoms with Crippen molar-refractivity contribution in [3.05, 3.63) is 35.9 Å². The third-order valence-corrected chi connectivity index (χ3v) is 3.97. The van der Waals surface area contributed by atoms with E-state index in [1.54, 1.807) is 0 Å². The third-order valence-electron chi connectivity index (χ3n) is 3.97. The van der Waals surface area contributed by atoms with Gasteiger partial charge in [0.15, 0.2) is 6.29 Å². The summed E-state index contributed by atoms with van der Waals surface area (Å²) in [5, 5.41) is 0. The van der Waals surface area contributed by atoms with Gasteiger partial charge >= 0.3 is 0 Å². The molecule has 23 heavy (non-hydrogen) atoms. The Kier molecular flexibility index (Phi) is 10.2. The van der Waals surface area contributed by atoms with Gasteiger partial charge in [0.1, 0.15) is 0 Å². The van der Waals surface area contributed by atoms with Crippen LogP contribution in [0.25, 0.3) is 0 Å². The molecule has 0 aromatic heterocycles. The number of hydrogen-bond acceptors (Lipinski definition) is 3. The molecule has 2 atom stereocenters. The van der Waals surface area contributed by atoms with E-state index in [0.29, 0.717) is 13.2 Å². The van der Waals surface area contributed by atoms with Crippen LogP contribution in [0.4, 0.5) is 0 Å². The highest BCUT2D eigenvalue weighted by Gasteiger charge is 2.30. The molecule has 3 heteroatoms. The summed E-state index contributed by atoms with van der Waals surface area (Å²) in [6.45, 7) is 11.7. The van der Waals surface area contributed by atoms with Crippen molar-refractivity contribution in [2.75, 3.05) is 13.2 Å². The minimum absolute atomic E-state index is 0.142. The number of ether oxygens (including phenoxy) is 3. The Morgan fingerprint density at radius 1 is 0.913 bits per heavy atom. The second-order valence-electron chi connectivity index (χ2n) is 6.10. The third kappa shape index (κ3) is 7.47. The number of rotatable bonds is 12. The van der Waals surface area contributed by atoms with Gasteiger partial charge in [-0.1, -0.05) is 37.3 Å². The van der Waals surface area contributed by atoms with E-state index in [-0.39, 0.29) is 24.4 Å². The molecule has 0 radical (unpaired) electrons. The van der Waals surface area contributed by atoms with Crippen LogP contribution in [0, 0.1) is 5.92 Å². The lowest BCUT2D eigenvalue weighted by atomic mass is 9.93. The van der Waals surface area contributed by atoms with Gasteiger partial charge in [-0.05, 0) is 52.5 Å². The average molecular weight is 322 g/mol. The van der Waals surface area contributed by atoms with Crippen LogP contribution < -0.4 is 0 Å². The van der Waals surface area contributed by atoms with Crippen LogP contribution in [0.5, 0.6) is 0 Å². The van der Waals surface area contributed by atoms with E-state index in [0.717, 1.165) is 19.3 Å². The lowest BCUT2D eigenvalue weighted by Gasteiger charge is -2.33. The van der Waals surface area contributed by atoms with Gasteiger partial charge in [0.25, 0.3) is 0 Å².